The van der Waals surface area contributed by atoms with Crippen molar-refractivity contribution < 1.29 is 4.79 Å². The third kappa shape index (κ3) is 2.81. The van der Waals surface area contributed by atoms with Crippen molar-refractivity contribution in [3.8, 4) is 0 Å². The molecule has 1 aliphatic heterocycles. The summed E-state index contributed by atoms with van der Waals surface area (Å²) >= 11 is 3.46. The zero-order chi connectivity index (χ0) is 16.9. The van der Waals surface area contributed by atoms with Gasteiger partial charge in [0.1, 0.15) is 0 Å². The number of hydrazone groups is 1. The van der Waals surface area contributed by atoms with Crippen molar-refractivity contribution in [2.75, 3.05) is 0 Å². The maximum Gasteiger partial charge on any atom is 0.165 e. The molecule has 0 bridgehead atoms. The fraction of sp³-hybridized carbons (Fsp3) is 0.368. The number of carbonyl (C=O) groups is 1. The standard InChI is InChI=1S/C19H20BrN3O/c1-19(2)9-17-13(18(24)10-19)7-15(21-17)16-8-14(22-23-16)11-3-5-12(20)6-4-11/h3-7,16,21,23H,8-10H2,1-2H3. The minimum absolute atomic E-state index is 0.0361. The summed E-state index contributed by atoms with van der Waals surface area (Å²) in [6.07, 6.45) is 2.36. The lowest BCUT2D eigenvalue weighted by Crippen LogP contribution is -2.26. The second-order valence-electron chi connectivity index (χ2n) is 7.51. The fourth-order valence-corrected chi connectivity index (χ4v) is 3.88. The van der Waals surface area contributed by atoms with E-state index in [1.807, 2.05) is 18.2 Å². The monoisotopic (exact) mass is 385 g/mol. The summed E-state index contributed by atoms with van der Waals surface area (Å²) in [7, 11) is 0. The number of hydrogen-bond donors (Lipinski definition) is 2. The largest absolute Gasteiger partial charge is 0.360 e. The lowest BCUT2D eigenvalue weighted by molar-refractivity contribution is 0.0912. The molecule has 0 amide bonds. The third-order valence-corrected chi connectivity index (χ3v) is 5.35. The van der Waals surface area contributed by atoms with Gasteiger partial charge in [-0.05, 0) is 35.6 Å². The summed E-state index contributed by atoms with van der Waals surface area (Å²) in [6, 6.07) is 10.3. The van der Waals surface area contributed by atoms with Crippen molar-refractivity contribution >= 4 is 27.4 Å². The van der Waals surface area contributed by atoms with Crippen LogP contribution in [0.25, 0.3) is 0 Å². The maximum atomic E-state index is 12.4. The summed E-state index contributed by atoms with van der Waals surface area (Å²) in [4.78, 5) is 15.9. The molecule has 4 rings (SSSR count). The Morgan fingerprint density at radius 3 is 2.71 bits per heavy atom. The Bertz CT molecular complexity index is 833. The molecule has 2 heterocycles. The van der Waals surface area contributed by atoms with Crippen LogP contribution in [0.5, 0.6) is 0 Å². The van der Waals surface area contributed by atoms with Crippen LogP contribution in [0, 0.1) is 5.41 Å². The number of nitrogens with one attached hydrogen (secondary N) is 2. The number of aromatic amines is 1. The molecule has 5 heteroatoms. The minimum atomic E-state index is 0.0361. The molecule has 0 saturated heterocycles. The van der Waals surface area contributed by atoms with Crippen molar-refractivity contribution in [2.45, 2.75) is 39.2 Å². The first-order valence-corrected chi connectivity index (χ1v) is 9.04. The predicted octanol–water partition coefficient (Wildman–Crippen LogP) is 4.37. The molecule has 4 nitrogen and oxygen atoms in total. The quantitative estimate of drug-likeness (QED) is 0.805. The molecular formula is C19H20BrN3O. The molecule has 1 aromatic heterocycles. The predicted molar refractivity (Wildman–Crippen MR) is 98.4 cm³/mol. The molecule has 124 valence electrons. The van der Waals surface area contributed by atoms with Gasteiger partial charge in [-0.3, -0.25) is 4.79 Å². The normalized spacial score (nSPS) is 22.0. The van der Waals surface area contributed by atoms with Gasteiger partial charge >= 0.3 is 0 Å². The van der Waals surface area contributed by atoms with Gasteiger partial charge in [0.25, 0.3) is 0 Å². The molecule has 1 aromatic carbocycles. The number of ketones is 1. The number of carbonyl (C=O) groups excluding carboxylic acids is 1. The average molecular weight is 386 g/mol. The first kappa shape index (κ1) is 15.6. The zero-order valence-electron chi connectivity index (χ0n) is 13.8. The number of hydrogen-bond acceptors (Lipinski definition) is 3. The van der Waals surface area contributed by atoms with E-state index in [1.165, 1.54) is 0 Å². The van der Waals surface area contributed by atoms with E-state index < -0.39 is 0 Å². The molecule has 24 heavy (non-hydrogen) atoms. The van der Waals surface area contributed by atoms with Crippen LogP contribution in [0.3, 0.4) is 0 Å². The number of benzene rings is 1. The molecular weight excluding hydrogens is 366 g/mol. The number of Topliss-reactive ketones (excluding diaryl/α,β-unsaturated/α-hetero) is 1. The summed E-state index contributed by atoms with van der Waals surface area (Å²) in [5.41, 5.74) is 8.42. The Hall–Kier alpha value is -1.88. The van der Waals surface area contributed by atoms with Crippen LogP contribution in [0.4, 0.5) is 0 Å². The Labute approximate surface area is 149 Å². The lowest BCUT2D eigenvalue weighted by atomic mass is 9.76. The van der Waals surface area contributed by atoms with Crippen molar-refractivity contribution in [1.29, 1.82) is 0 Å². The van der Waals surface area contributed by atoms with Crippen LogP contribution in [-0.4, -0.2) is 16.5 Å². The number of fused-ring (bicyclic) bond motifs is 1. The van der Waals surface area contributed by atoms with E-state index >= 15 is 0 Å². The zero-order valence-corrected chi connectivity index (χ0v) is 15.4. The number of aromatic nitrogens is 1. The smallest absolute Gasteiger partial charge is 0.165 e. The van der Waals surface area contributed by atoms with Crippen LogP contribution in [0.1, 0.15) is 60.0 Å². The second kappa shape index (κ2) is 5.59. The molecule has 1 aliphatic carbocycles. The highest BCUT2D eigenvalue weighted by atomic mass is 79.9. The van der Waals surface area contributed by atoms with Crippen molar-refractivity contribution in [3.05, 3.63) is 57.3 Å². The van der Waals surface area contributed by atoms with Gasteiger partial charge in [-0.1, -0.05) is 41.9 Å². The highest BCUT2D eigenvalue weighted by Gasteiger charge is 2.34. The van der Waals surface area contributed by atoms with E-state index in [0.717, 1.165) is 45.5 Å². The fourth-order valence-electron chi connectivity index (χ4n) is 3.61. The van der Waals surface area contributed by atoms with Gasteiger partial charge in [0.2, 0.25) is 0 Å². The molecule has 0 fully saturated rings. The summed E-state index contributed by atoms with van der Waals surface area (Å²) in [5, 5.41) is 4.49. The summed E-state index contributed by atoms with van der Waals surface area (Å²) in [5.74, 6) is 0.246. The van der Waals surface area contributed by atoms with Crippen LogP contribution < -0.4 is 5.43 Å². The molecule has 1 atom stereocenters. The number of rotatable bonds is 2. The molecule has 2 aromatic rings. The van der Waals surface area contributed by atoms with Crippen LogP contribution >= 0.6 is 15.9 Å². The maximum absolute atomic E-state index is 12.4. The van der Waals surface area contributed by atoms with E-state index in [1.54, 1.807) is 0 Å². The molecule has 1 unspecified atom stereocenters. The Balaban J connectivity index is 1.55. The molecule has 0 radical (unpaired) electrons. The third-order valence-electron chi connectivity index (χ3n) is 4.82. The van der Waals surface area contributed by atoms with Gasteiger partial charge < -0.3 is 10.4 Å². The Morgan fingerprint density at radius 1 is 1.21 bits per heavy atom. The topological polar surface area (TPSA) is 57.2 Å². The minimum Gasteiger partial charge on any atom is -0.360 e. The van der Waals surface area contributed by atoms with E-state index in [9.17, 15) is 4.79 Å². The van der Waals surface area contributed by atoms with Crippen molar-refractivity contribution in [3.63, 3.8) is 0 Å². The highest BCUT2D eigenvalue weighted by molar-refractivity contribution is 9.10. The SMILES string of the molecule is CC1(C)CC(=O)c2cc(C3CC(c4ccc(Br)cc4)=NN3)[nH]c2C1. The van der Waals surface area contributed by atoms with Gasteiger partial charge in [0.15, 0.2) is 5.78 Å². The molecule has 0 spiro atoms. The van der Waals surface area contributed by atoms with Gasteiger partial charge in [-0.15, -0.1) is 0 Å². The van der Waals surface area contributed by atoms with Crippen LogP contribution in [-0.2, 0) is 6.42 Å². The number of H-pyrrole nitrogens is 1. The van der Waals surface area contributed by atoms with Crippen LogP contribution in [0.15, 0.2) is 39.9 Å². The van der Waals surface area contributed by atoms with E-state index in [-0.39, 0.29) is 17.2 Å². The van der Waals surface area contributed by atoms with E-state index in [4.69, 9.17) is 0 Å². The van der Waals surface area contributed by atoms with Gasteiger partial charge in [0.05, 0.1) is 11.8 Å². The molecule has 0 saturated carbocycles. The highest BCUT2D eigenvalue weighted by Crippen LogP contribution is 2.36. The van der Waals surface area contributed by atoms with Gasteiger partial charge in [-0.2, -0.15) is 5.10 Å². The summed E-state index contributed by atoms with van der Waals surface area (Å²) < 4.78 is 1.06. The first-order chi connectivity index (χ1) is 11.4. The van der Waals surface area contributed by atoms with E-state index in [2.05, 4.69) is 57.4 Å². The average Bonchev–Trinajstić information content (AvgIpc) is 3.13. The van der Waals surface area contributed by atoms with Crippen molar-refractivity contribution in [2.24, 2.45) is 10.5 Å². The molecule has 2 N–H and O–H groups in total. The van der Waals surface area contributed by atoms with E-state index in [0.29, 0.717) is 6.42 Å². The Morgan fingerprint density at radius 2 is 1.96 bits per heavy atom. The number of halogens is 1. The lowest BCUT2D eigenvalue weighted by Gasteiger charge is -2.27. The van der Waals surface area contributed by atoms with Gasteiger partial charge in [0, 0.05) is 34.3 Å². The summed E-state index contributed by atoms with van der Waals surface area (Å²) in [6.45, 7) is 4.30. The first-order valence-electron chi connectivity index (χ1n) is 8.24. The second-order valence-corrected chi connectivity index (χ2v) is 8.42. The van der Waals surface area contributed by atoms with Gasteiger partial charge in [-0.25, -0.2) is 0 Å². The van der Waals surface area contributed by atoms with Crippen LogP contribution in [0.2, 0.25) is 0 Å². The Kier molecular flexibility index (Phi) is 3.64. The molecule has 2 aliphatic rings. The number of nitrogens with zero attached hydrogens (tertiary/aromatic N) is 1. The van der Waals surface area contributed by atoms with Crippen molar-refractivity contribution in [1.82, 2.24) is 10.4 Å².